The number of rotatable bonds is 8. The molecule has 17 nitrogen and oxygen atoms in total. The Balaban J connectivity index is -0.000000111. The number of carboxylic acids is 7. The SMILES string of the molecule is CC(=O)O.CCC(=O)O.O=C(O)C=CC(=O)O.O=C(O)CC(O)(CC(=O)O)C(=O)O.O=CO. The molecule has 0 heterocycles. The average molecular weight is 488 g/mol. The van der Waals surface area contributed by atoms with E-state index in [4.69, 9.17) is 55.5 Å². The Morgan fingerprint density at radius 2 is 0.909 bits per heavy atom. The van der Waals surface area contributed by atoms with E-state index in [1.165, 1.54) is 0 Å². The zero-order valence-corrected chi connectivity index (χ0v) is 17.1. The second kappa shape index (κ2) is 23.7. The van der Waals surface area contributed by atoms with E-state index in [1.54, 1.807) is 6.92 Å². The molecule has 0 aliphatic carbocycles. The molecule has 0 fully saturated rings. The zero-order valence-electron chi connectivity index (χ0n) is 17.1. The highest BCUT2D eigenvalue weighted by Gasteiger charge is 2.40. The minimum absolute atomic E-state index is 0.222. The fourth-order valence-electron chi connectivity index (χ4n) is 0.857. The predicted octanol–water partition coefficient (Wildman–Crippen LogP) is -1.26. The third-order valence-corrected chi connectivity index (χ3v) is 1.96. The lowest BCUT2D eigenvalue weighted by Crippen LogP contribution is -2.42. The van der Waals surface area contributed by atoms with Gasteiger partial charge in [-0.05, 0) is 0 Å². The van der Waals surface area contributed by atoms with E-state index in [2.05, 4.69) is 0 Å². The van der Waals surface area contributed by atoms with Crippen molar-refractivity contribution < 1.29 is 84.3 Å². The van der Waals surface area contributed by atoms with Crippen LogP contribution in [-0.4, -0.2) is 99.8 Å². The van der Waals surface area contributed by atoms with Crippen LogP contribution in [0.25, 0.3) is 0 Å². The van der Waals surface area contributed by atoms with E-state index in [9.17, 15) is 28.8 Å². The summed E-state index contributed by atoms with van der Waals surface area (Å²) in [4.78, 5) is 76.3. The Kier molecular flexibility index (Phi) is 28.0. The first-order valence-corrected chi connectivity index (χ1v) is 7.85. The molecule has 0 saturated carbocycles. The van der Waals surface area contributed by atoms with Crippen LogP contribution in [0.3, 0.4) is 0 Å². The second-order valence-corrected chi connectivity index (χ2v) is 4.86. The van der Waals surface area contributed by atoms with Crippen molar-refractivity contribution in [1.82, 2.24) is 0 Å². The molecule has 33 heavy (non-hydrogen) atoms. The highest BCUT2D eigenvalue weighted by Crippen LogP contribution is 2.15. The maximum atomic E-state index is 10.3. The summed E-state index contributed by atoms with van der Waals surface area (Å²) in [5.41, 5.74) is -2.74. The van der Waals surface area contributed by atoms with E-state index in [0.717, 1.165) is 6.92 Å². The Morgan fingerprint density at radius 1 is 0.697 bits per heavy atom. The predicted molar refractivity (Wildman–Crippen MR) is 101 cm³/mol. The molecule has 0 bridgehead atoms. The molecule has 0 aromatic rings. The van der Waals surface area contributed by atoms with Gasteiger partial charge in [-0.25, -0.2) is 14.4 Å². The molecule has 0 aromatic heterocycles. The van der Waals surface area contributed by atoms with E-state index in [-0.39, 0.29) is 12.9 Å². The standard InChI is InChI=1S/C6H8O7.C4H4O4.C3H6O2.C2H4O2.CH2O2/c7-3(8)1-6(13,5(11)12)2-4(9)10;5-3(6)1-2-4(7)8;1-2-3(4)5;1-2(3)4;2-1-3/h13H,1-2H2,(H,7,8)(H,9,10)(H,11,12);1-2H,(H,5,6)(H,7,8);2H2,1H3,(H,4,5);1H3,(H,3,4);1H,(H,2,3). The van der Waals surface area contributed by atoms with E-state index in [0.29, 0.717) is 12.2 Å². The Bertz CT molecular complexity index is 655. The highest BCUT2D eigenvalue weighted by molar-refractivity contribution is 5.89. The smallest absolute Gasteiger partial charge is 0.336 e. The van der Waals surface area contributed by atoms with Crippen molar-refractivity contribution in [3.8, 4) is 0 Å². The van der Waals surface area contributed by atoms with Crippen LogP contribution < -0.4 is 0 Å². The zero-order chi connectivity index (χ0) is 27.8. The van der Waals surface area contributed by atoms with Gasteiger partial charge in [0, 0.05) is 25.5 Å². The lowest BCUT2D eigenvalue weighted by atomic mass is 9.96. The molecule has 190 valence electrons. The summed E-state index contributed by atoms with van der Waals surface area (Å²) in [6.45, 7) is 2.43. The molecule has 17 heteroatoms. The van der Waals surface area contributed by atoms with Crippen LogP contribution in [-0.2, 0) is 38.4 Å². The molecule has 9 N–H and O–H groups in total. The van der Waals surface area contributed by atoms with E-state index >= 15 is 0 Å². The van der Waals surface area contributed by atoms with Gasteiger partial charge >= 0.3 is 35.8 Å². The normalized spacial score (nSPS) is 8.82. The number of aliphatic hydroxyl groups is 1. The molecular formula is C16H24O17. The first kappa shape index (κ1) is 39.0. The van der Waals surface area contributed by atoms with Crippen LogP contribution in [0.2, 0.25) is 0 Å². The number of hydrogen-bond donors (Lipinski definition) is 9. The molecule has 0 radical (unpaired) electrons. The quantitative estimate of drug-likeness (QED) is 0.142. The summed E-state index contributed by atoms with van der Waals surface area (Å²) in [6.07, 6.45) is -0.950. The largest absolute Gasteiger partial charge is 0.483 e. The average Bonchev–Trinajstić information content (AvgIpc) is 2.59. The molecule has 0 unspecified atom stereocenters. The van der Waals surface area contributed by atoms with Crippen LogP contribution >= 0.6 is 0 Å². The van der Waals surface area contributed by atoms with E-state index < -0.39 is 60.2 Å². The van der Waals surface area contributed by atoms with Gasteiger partial charge in [0.2, 0.25) is 0 Å². The number of hydrogen-bond acceptors (Lipinski definition) is 9. The first-order chi connectivity index (χ1) is 14.8. The van der Waals surface area contributed by atoms with Gasteiger partial charge in [0.25, 0.3) is 12.4 Å². The lowest BCUT2D eigenvalue weighted by molar-refractivity contribution is -0.170. The number of aliphatic carboxylic acids is 7. The monoisotopic (exact) mass is 488 g/mol. The topological polar surface area (TPSA) is 319 Å². The molecule has 0 aliphatic heterocycles. The van der Waals surface area contributed by atoms with Crippen LogP contribution in [0.1, 0.15) is 33.1 Å². The summed E-state index contributed by atoms with van der Waals surface area (Å²) < 4.78 is 0. The molecule has 0 spiro atoms. The van der Waals surface area contributed by atoms with Crippen molar-refractivity contribution in [2.75, 3.05) is 0 Å². The minimum Gasteiger partial charge on any atom is -0.483 e. The summed E-state index contributed by atoms with van der Waals surface area (Å²) in [5, 5.41) is 71.5. The van der Waals surface area contributed by atoms with Crippen LogP contribution in [0.15, 0.2) is 12.2 Å². The van der Waals surface area contributed by atoms with Gasteiger partial charge in [0.1, 0.15) is 0 Å². The minimum atomic E-state index is -2.74. The lowest BCUT2D eigenvalue weighted by Gasteiger charge is -2.18. The molecule has 0 aromatic carbocycles. The van der Waals surface area contributed by atoms with Crippen molar-refractivity contribution in [3.63, 3.8) is 0 Å². The van der Waals surface area contributed by atoms with Crippen LogP contribution in [0.4, 0.5) is 0 Å². The highest BCUT2D eigenvalue weighted by atomic mass is 16.4. The van der Waals surface area contributed by atoms with Gasteiger partial charge in [0.15, 0.2) is 5.60 Å². The Hall–Kier alpha value is -4.54. The number of carbonyl (C=O) groups is 8. The van der Waals surface area contributed by atoms with Gasteiger partial charge in [-0.2, -0.15) is 0 Å². The molecule has 0 amide bonds. The molecular weight excluding hydrogens is 464 g/mol. The maximum Gasteiger partial charge on any atom is 0.336 e. The third kappa shape index (κ3) is 52.2. The Labute approximate surface area is 184 Å². The van der Waals surface area contributed by atoms with Gasteiger partial charge in [-0.1, -0.05) is 6.92 Å². The number of carboxylic acid groups (broad SMARTS) is 8. The van der Waals surface area contributed by atoms with Gasteiger partial charge < -0.3 is 46.0 Å². The van der Waals surface area contributed by atoms with Crippen molar-refractivity contribution in [3.05, 3.63) is 12.2 Å². The van der Waals surface area contributed by atoms with Crippen molar-refractivity contribution >= 4 is 48.3 Å². The van der Waals surface area contributed by atoms with Crippen molar-refractivity contribution in [2.24, 2.45) is 0 Å². The van der Waals surface area contributed by atoms with Gasteiger partial charge in [-0.15, -0.1) is 0 Å². The summed E-state index contributed by atoms with van der Waals surface area (Å²) in [5.74, 6) is -9.11. The van der Waals surface area contributed by atoms with Crippen molar-refractivity contribution in [1.29, 1.82) is 0 Å². The van der Waals surface area contributed by atoms with Crippen LogP contribution in [0, 0.1) is 0 Å². The Morgan fingerprint density at radius 3 is 1.00 bits per heavy atom. The fourth-order valence-corrected chi connectivity index (χ4v) is 0.857. The van der Waals surface area contributed by atoms with Crippen LogP contribution in [0.5, 0.6) is 0 Å². The van der Waals surface area contributed by atoms with Gasteiger partial charge in [-0.3, -0.25) is 24.0 Å². The molecule has 0 rings (SSSR count). The first-order valence-electron chi connectivity index (χ1n) is 7.85. The molecule has 0 aliphatic rings. The molecule has 0 saturated heterocycles. The molecule has 0 atom stereocenters. The van der Waals surface area contributed by atoms with Gasteiger partial charge in [0.05, 0.1) is 12.8 Å². The summed E-state index contributed by atoms with van der Waals surface area (Å²) >= 11 is 0. The van der Waals surface area contributed by atoms with E-state index in [1.807, 2.05) is 0 Å². The summed E-state index contributed by atoms with van der Waals surface area (Å²) in [7, 11) is 0. The third-order valence-electron chi connectivity index (χ3n) is 1.96. The maximum absolute atomic E-state index is 10.3. The fraction of sp³-hybridized carbons (Fsp3) is 0.375. The second-order valence-electron chi connectivity index (χ2n) is 4.86. The summed E-state index contributed by atoms with van der Waals surface area (Å²) in [6, 6.07) is 0. The van der Waals surface area contributed by atoms with Crippen molar-refractivity contribution in [2.45, 2.75) is 38.7 Å².